The van der Waals surface area contributed by atoms with Gasteiger partial charge in [-0.15, -0.1) is 0 Å². The molecule has 0 heterocycles. The Hall–Kier alpha value is -2.60. The summed E-state index contributed by atoms with van der Waals surface area (Å²) in [5, 5.41) is 11.7. The molecule has 2 aromatic rings. The van der Waals surface area contributed by atoms with Crippen LogP contribution in [0.15, 0.2) is 48.5 Å². The molecule has 110 valence electrons. The van der Waals surface area contributed by atoms with E-state index in [9.17, 15) is 4.79 Å². The van der Waals surface area contributed by atoms with Crippen molar-refractivity contribution in [1.82, 2.24) is 0 Å². The highest BCUT2D eigenvalue weighted by Crippen LogP contribution is 2.49. The summed E-state index contributed by atoms with van der Waals surface area (Å²) in [6.45, 7) is 1.51. The first-order chi connectivity index (χ1) is 10.7. The lowest BCUT2D eigenvalue weighted by Gasteiger charge is -2.37. The molecule has 1 saturated carbocycles. The minimum Gasteiger partial charge on any atom is -0.326 e. The van der Waals surface area contributed by atoms with Gasteiger partial charge in [0.05, 0.1) is 11.6 Å². The third-order valence-corrected chi connectivity index (χ3v) is 4.40. The van der Waals surface area contributed by atoms with Crippen molar-refractivity contribution in [3.8, 4) is 6.07 Å². The lowest BCUT2D eigenvalue weighted by atomic mass is 9.67. The zero-order chi connectivity index (χ0) is 15.5. The van der Waals surface area contributed by atoms with Crippen molar-refractivity contribution in [2.24, 2.45) is 0 Å². The summed E-state index contributed by atoms with van der Waals surface area (Å²) >= 11 is 0. The van der Waals surface area contributed by atoms with E-state index in [-0.39, 0.29) is 5.91 Å². The second-order valence-electron chi connectivity index (χ2n) is 5.83. The molecule has 0 bridgehead atoms. The van der Waals surface area contributed by atoms with Gasteiger partial charge in [0.2, 0.25) is 5.91 Å². The van der Waals surface area contributed by atoms with Gasteiger partial charge >= 0.3 is 0 Å². The molecule has 0 spiro atoms. The largest absolute Gasteiger partial charge is 0.326 e. The minimum absolute atomic E-state index is 0.0492. The average Bonchev–Trinajstić information content (AvgIpc) is 2.48. The Kier molecular flexibility index (Phi) is 3.93. The standard InChI is InChI=1S/C19H18N2O/c1-13(22)21-17-8-6-16(7-9-17)19-11-10-18(19)15-4-2-14(12-20)3-5-15/h2-9,18-19H,10-11H2,1H3,(H,21,22). The maximum Gasteiger partial charge on any atom is 0.221 e. The highest BCUT2D eigenvalue weighted by Gasteiger charge is 2.33. The molecule has 1 amide bonds. The van der Waals surface area contributed by atoms with Crippen LogP contribution in [-0.4, -0.2) is 5.91 Å². The van der Waals surface area contributed by atoms with Gasteiger partial charge in [-0.3, -0.25) is 4.79 Å². The fraction of sp³-hybridized carbons (Fsp3) is 0.263. The molecule has 1 aliphatic carbocycles. The number of nitrogens with one attached hydrogen (secondary N) is 1. The van der Waals surface area contributed by atoms with E-state index in [2.05, 4.69) is 35.7 Å². The Balaban J connectivity index is 1.74. The molecule has 1 N–H and O–H groups in total. The summed E-state index contributed by atoms with van der Waals surface area (Å²) in [6, 6.07) is 18.2. The molecule has 3 heteroatoms. The first kappa shape index (κ1) is 14.3. The highest BCUT2D eigenvalue weighted by molar-refractivity contribution is 5.88. The predicted molar refractivity (Wildman–Crippen MR) is 86.6 cm³/mol. The van der Waals surface area contributed by atoms with Crippen molar-refractivity contribution >= 4 is 11.6 Å². The lowest BCUT2D eigenvalue weighted by molar-refractivity contribution is -0.114. The van der Waals surface area contributed by atoms with Crippen LogP contribution in [0.3, 0.4) is 0 Å². The summed E-state index contributed by atoms with van der Waals surface area (Å²) in [7, 11) is 0. The number of nitriles is 1. The second-order valence-corrected chi connectivity index (χ2v) is 5.83. The molecule has 22 heavy (non-hydrogen) atoms. The highest BCUT2D eigenvalue weighted by atomic mass is 16.1. The van der Waals surface area contributed by atoms with Gasteiger partial charge < -0.3 is 5.32 Å². The van der Waals surface area contributed by atoms with E-state index in [1.807, 2.05) is 24.3 Å². The Bertz CT molecular complexity index is 711. The van der Waals surface area contributed by atoms with Gasteiger partial charge in [-0.25, -0.2) is 0 Å². The van der Waals surface area contributed by atoms with Crippen LogP contribution in [0.2, 0.25) is 0 Å². The predicted octanol–water partition coefficient (Wildman–Crippen LogP) is 4.18. The van der Waals surface area contributed by atoms with Gasteiger partial charge in [0.1, 0.15) is 0 Å². The van der Waals surface area contributed by atoms with Crippen LogP contribution in [-0.2, 0) is 4.79 Å². The summed E-state index contributed by atoms with van der Waals surface area (Å²) in [5.74, 6) is 1.01. The molecule has 0 aromatic heterocycles. The smallest absolute Gasteiger partial charge is 0.221 e. The molecule has 2 aromatic carbocycles. The topological polar surface area (TPSA) is 52.9 Å². The number of carbonyl (C=O) groups excluding carboxylic acids is 1. The SMILES string of the molecule is CC(=O)Nc1ccc(C2CCC2c2ccc(C#N)cc2)cc1. The van der Waals surface area contributed by atoms with Gasteiger partial charge in [-0.05, 0) is 60.1 Å². The number of nitrogens with zero attached hydrogens (tertiary/aromatic N) is 1. The molecule has 2 unspecified atom stereocenters. The first-order valence-corrected chi connectivity index (χ1v) is 7.55. The van der Waals surface area contributed by atoms with Gasteiger partial charge in [0.25, 0.3) is 0 Å². The van der Waals surface area contributed by atoms with Crippen molar-refractivity contribution in [1.29, 1.82) is 5.26 Å². The maximum atomic E-state index is 11.1. The molecule has 3 rings (SSSR count). The van der Waals surface area contributed by atoms with Crippen LogP contribution in [0.4, 0.5) is 5.69 Å². The zero-order valence-corrected chi connectivity index (χ0v) is 12.5. The number of amides is 1. The number of rotatable bonds is 3. The summed E-state index contributed by atoms with van der Waals surface area (Å²) in [5.41, 5.74) is 4.17. The van der Waals surface area contributed by atoms with Crippen molar-refractivity contribution in [3.63, 3.8) is 0 Å². The monoisotopic (exact) mass is 290 g/mol. The Labute approximate surface area is 130 Å². The number of hydrogen-bond donors (Lipinski definition) is 1. The first-order valence-electron chi connectivity index (χ1n) is 7.55. The normalized spacial score (nSPS) is 19.8. The van der Waals surface area contributed by atoms with E-state index < -0.39 is 0 Å². The fourth-order valence-corrected chi connectivity index (χ4v) is 3.12. The van der Waals surface area contributed by atoms with Gasteiger partial charge in [-0.1, -0.05) is 24.3 Å². The Morgan fingerprint density at radius 3 is 1.91 bits per heavy atom. The van der Waals surface area contributed by atoms with E-state index in [4.69, 9.17) is 5.26 Å². The van der Waals surface area contributed by atoms with Crippen LogP contribution in [0.1, 0.15) is 48.3 Å². The molecule has 1 fully saturated rings. The van der Waals surface area contributed by atoms with Gasteiger partial charge in [-0.2, -0.15) is 5.26 Å². The molecular formula is C19H18N2O. The molecule has 1 aliphatic rings. The van der Waals surface area contributed by atoms with E-state index >= 15 is 0 Å². The number of hydrogen-bond acceptors (Lipinski definition) is 2. The van der Waals surface area contributed by atoms with Crippen molar-refractivity contribution in [3.05, 3.63) is 65.2 Å². The Morgan fingerprint density at radius 1 is 1.00 bits per heavy atom. The minimum atomic E-state index is -0.0492. The third kappa shape index (κ3) is 2.87. The van der Waals surface area contributed by atoms with Crippen molar-refractivity contribution < 1.29 is 4.79 Å². The molecule has 0 radical (unpaired) electrons. The molecule has 0 saturated heterocycles. The van der Waals surface area contributed by atoms with Crippen molar-refractivity contribution in [2.45, 2.75) is 31.6 Å². The number of benzene rings is 2. The van der Waals surface area contributed by atoms with Crippen molar-refractivity contribution in [2.75, 3.05) is 5.32 Å². The quantitative estimate of drug-likeness (QED) is 0.922. The third-order valence-electron chi connectivity index (χ3n) is 4.40. The molecule has 3 nitrogen and oxygen atoms in total. The maximum absolute atomic E-state index is 11.1. The molecule has 2 atom stereocenters. The van der Waals surface area contributed by atoms with Crippen LogP contribution >= 0.6 is 0 Å². The average molecular weight is 290 g/mol. The summed E-state index contributed by atoms with van der Waals surface area (Å²) in [4.78, 5) is 11.1. The van der Waals surface area contributed by atoms with Crippen LogP contribution in [0, 0.1) is 11.3 Å². The number of carbonyl (C=O) groups is 1. The summed E-state index contributed by atoms with van der Waals surface area (Å²) < 4.78 is 0. The van der Waals surface area contributed by atoms with E-state index in [0.29, 0.717) is 17.4 Å². The Morgan fingerprint density at radius 2 is 1.50 bits per heavy atom. The van der Waals surface area contributed by atoms with Crippen LogP contribution < -0.4 is 5.32 Å². The molecule has 0 aliphatic heterocycles. The fourth-order valence-electron chi connectivity index (χ4n) is 3.12. The van der Waals surface area contributed by atoms with Gasteiger partial charge in [0, 0.05) is 12.6 Å². The lowest BCUT2D eigenvalue weighted by Crippen LogP contribution is -2.21. The summed E-state index contributed by atoms with van der Waals surface area (Å²) in [6.07, 6.45) is 2.37. The zero-order valence-electron chi connectivity index (χ0n) is 12.5. The number of anilines is 1. The van der Waals surface area contributed by atoms with Gasteiger partial charge in [0.15, 0.2) is 0 Å². The second kappa shape index (κ2) is 6.03. The van der Waals surface area contributed by atoms with E-state index in [1.165, 1.54) is 30.9 Å². The molecular weight excluding hydrogens is 272 g/mol. The van der Waals surface area contributed by atoms with Crippen LogP contribution in [0.25, 0.3) is 0 Å². The van der Waals surface area contributed by atoms with E-state index in [1.54, 1.807) is 0 Å². The van der Waals surface area contributed by atoms with E-state index in [0.717, 1.165) is 5.69 Å². The van der Waals surface area contributed by atoms with Crippen LogP contribution in [0.5, 0.6) is 0 Å².